The van der Waals surface area contributed by atoms with Crippen molar-refractivity contribution in [3.63, 3.8) is 0 Å². The van der Waals surface area contributed by atoms with Gasteiger partial charge in [-0.2, -0.15) is 0 Å². The third-order valence-electron chi connectivity index (χ3n) is 2.41. The lowest BCUT2D eigenvalue weighted by atomic mass is 10.0. The maximum absolute atomic E-state index is 2.31. The summed E-state index contributed by atoms with van der Waals surface area (Å²) >= 11 is 0. The molecule has 0 N–H and O–H groups in total. The van der Waals surface area contributed by atoms with Crippen LogP contribution in [0.25, 0.3) is 0 Å². The van der Waals surface area contributed by atoms with E-state index in [1.807, 2.05) is 0 Å². The number of hydrogen-bond donors (Lipinski definition) is 0. The van der Waals surface area contributed by atoms with E-state index in [2.05, 4.69) is 19.9 Å². The lowest BCUT2D eigenvalue weighted by Crippen LogP contribution is -1.92. The fraction of sp³-hybridized carbons (Fsp3) is 0.778. The highest BCUT2D eigenvalue weighted by Gasteiger charge is 2.17. The van der Waals surface area contributed by atoms with Gasteiger partial charge in [-0.05, 0) is 38.5 Å². The summed E-state index contributed by atoms with van der Waals surface area (Å²) in [7, 11) is 0. The van der Waals surface area contributed by atoms with E-state index < -0.39 is 0 Å². The first kappa shape index (κ1) is 6.85. The van der Waals surface area contributed by atoms with Crippen LogP contribution in [0.2, 0.25) is 0 Å². The zero-order valence-electron chi connectivity index (χ0n) is 6.48. The van der Waals surface area contributed by atoms with Crippen molar-refractivity contribution < 1.29 is 0 Å². The Morgan fingerprint density at radius 2 is 2.44 bits per heavy atom. The van der Waals surface area contributed by atoms with Gasteiger partial charge in [0.1, 0.15) is 0 Å². The van der Waals surface area contributed by atoms with Crippen LogP contribution in [0.5, 0.6) is 0 Å². The minimum Gasteiger partial charge on any atom is -0.0882 e. The van der Waals surface area contributed by atoms with Gasteiger partial charge in [-0.25, -0.2) is 0 Å². The minimum absolute atomic E-state index is 0.940. The van der Waals surface area contributed by atoms with Gasteiger partial charge in [0.15, 0.2) is 0 Å². The molecule has 52 valence electrons. The molecule has 0 aromatic heterocycles. The van der Waals surface area contributed by atoms with Crippen molar-refractivity contribution >= 4 is 0 Å². The summed E-state index contributed by atoms with van der Waals surface area (Å²) in [6.07, 6.45) is 7.89. The van der Waals surface area contributed by atoms with Gasteiger partial charge in [0, 0.05) is 0 Å². The molecular weight excluding hydrogens is 108 g/mol. The molecule has 1 rings (SSSR count). The molecule has 0 aromatic carbocycles. The van der Waals surface area contributed by atoms with Crippen LogP contribution >= 0.6 is 0 Å². The Bertz CT molecular complexity index is 111. The molecule has 0 heteroatoms. The summed E-state index contributed by atoms with van der Waals surface area (Å²) in [5.74, 6) is 0.940. The molecule has 0 spiro atoms. The molecule has 0 nitrogen and oxygen atoms in total. The maximum atomic E-state index is 2.31. The van der Waals surface area contributed by atoms with Crippen LogP contribution < -0.4 is 0 Å². The van der Waals surface area contributed by atoms with E-state index >= 15 is 0 Å². The average molecular weight is 124 g/mol. The summed E-state index contributed by atoms with van der Waals surface area (Å²) in [6.45, 7) is 4.46. The Morgan fingerprint density at radius 1 is 1.67 bits per heavy atom. The molecule has 1 aliphatic rings. The van der Waals surface area contributed by atoms with Gasteiger partial charge in [-0.3, -0.25) is 0 Å². The predicted octanol–water partition coefficient (Wildman–Crippen LogP) is 3.14. The molecule has 0 bridgehead atoms. The topological polar surface area (TPSA) is 0 Å². The number of rotatable bonds is 1. The lowest BCUT2D eigenvalue weighted by molar-refractivity contribution is 0.605. The van der Waals surface area contributed by atoms with Crippen LogP contribution in [-0.2, 0) is 0 Å². The molecule has 1 unspecified atom stereocenters. The highest BCUT2D eigenvalue weighted by atomic mass is 14.2. The monoisotopic (exact) mass is 124 g/mol. The summed E-state index contributed by atoms with van der Waals surface area (Å²) in [4.78, 5) is 0. The summed E-state index contributed by atoms with van der Waals surface area (Å²) < 4.78 is 0. The first-order valence-corrected chi connectivity index (χ1v) is 4.03. The summed E-state index contributed by atoms with van der Waals surface area (Å²) in [6, 6.07) is 0. The van der Waals surface area contributed by atoms with Gasteiger partial charge >= 0.3 is 0 Å². The second-order valence-corrected chi connectivity index (χ2v) is 2.86. The zero-order chi connectivity index (χ0) is 6.69. The van der Waals surface area contributed by atoms with Crippen molar-refractivity contribution in [3.8, 4) is 0 Å². The highest BCUT2D eigenvalue weighted by Crippen LogP contribution is 2.32. The van der Waals surface area contributed by atoms with E-state index in [0.717, 1.165) is 5.92 Å². The van der Waals surface area contributed by atoms with Gasteiger partial charge in [0.25, 0.3) is 0 Å². The van der Waals surface area contributed by atoms with Gasteiger partial charge in [0.2, 0.25) is 0 Å². The SMILES string of the molecule is CC=C1CCCC1CC. The average Bonchev–Trinajstić information content (AvgIpc) is 2.33. The Labute approximate surface area is 58.0 Å². The second-order valence-electron chi connectivity index (χ2n) is 2.86. The van der Waals surface area contributed by atoms with Crippen LogP contribution in [0.4, 0.5) is 0 Å². The molecule has 0 aliphatic heterocycles. The van der Waals surface area contributed by atoms with E-state index in [4.69, 9.17) is 0 Å². The van der Waals surface area contributed by atoms with Crippen LogP contribution in [-0.4, -0.2) is 0 Å². The standard InChI is InChI=1S/C9H16/c1-3-8-6-5-7-9(8)4-2/h3,9H,4-7H2,1-2H3. The molecule has 1 aliphatic carbocycles. The minimum atomic E-state index is 0.940. The molecule has 0 radical (unpaired) electrons. The molecule has 0 aromatic rings. The van der Waals surface area contributed by atoms with E-state index in [0.29, 0.717) is 0 Å². The molecule has 0 saturated heterocycles. The molecular formula is C9H16. The van der Waals surface area contributed by atoms with Gasteiger partial charge < -0.3 is 0 Å². The van der Waals surface area contributed by atoms with Crippen molar-refractivity contribution in [1.82, 2.24) is 0 Å². The summed E-state index contributed by atoms with van der Waals surface area (Å²) in [5.41, 5.74) is 1.71. The predicted molar refractivity (Wildman–Crippen MR) is 41.4 cm³/mol. The first-order chi connectivity index (χ1) is 4.38. The van der Waals surface area contributed by atoms with Crippen LogP contribution in [0.3, 0.4) is 0 Å². The van der Waals surface area contributed by atoms with E-state index in [1.165, 1.54) is 25.7 Å². The summed E-state index contributed by atoms with van der Waals surface area (Å²) in [5, 5.41) is 0. The third-order valence-corrected chi connectivity index (χ3v) is 2.41. The largest absolute Gasteiger partial charge is 0.0882 e. The molecule has 1 atom stereocenters. The molecule has 0 heterocycles. The van der Waals surface area contributed by atoms with E-state index in [1.54, 1.807) is 5.57 Å². The molecule has 0 amide bonds. The quantitative estimate of drug-likeness (QED) is 0.471. The van der Waals surface area contributed by atoms with E-state index in [-0.39, 0.29) is 0 Å². The Balaban J connectivity index is 2.52. The maximum Gasteiger partial charge on any atom is -0.0206 e. The lowest BCUT2D eigenvalue weighted by Gasteiger charge is -2.06. The van der Waals surface area contributed by atoms with Crippen molar-refractivity contribution in [1.29, 1.82) is 0 Å². The normalized spacial score (nSPS) is 31.8. The first-order valence-electron chi connectivity index (χ1n) is 4.03. The zero-order valence-corrected chi connectivity index (χ0v) is 6.48. The van der Waals surface area contributed by atoms with Crippen molar-refractivity contribution in [2.24, 2.45) is 5.92 Å². The van der Waals surface area contributed by atoms with Crippen molar-refractivity contribution in [2.45, 2.75) is 39.5 Å². The van der Waals surface area contributed by atoms with Crippen LogP contribution in [0.15, 0.2) is 11.6 Å². The fourth-order valence-electron chi connectivity index (χ4n) is 1.79. The van der Waals surface area contributed by atoms with E-state index in [9.17, 15) is 0 Å². The Kier molecular flexibility index (Phi) is 2.32. The molecule has 9 heavy (non-hydrogen) atoms. The van der Waals surface area contributed by atoms with Gasteiger partial charge in [-0.15, -0.1) is 0 Å². The second kappa shape index (κ2) is 3.05. The highest BCUT2D eigenvalue weighted by molar-refractivity contribution is 5.09. The number of allylic oxidation sites excluding steroid dienone is 2. The number of hydrogen-bond acceptors (Lipinski definition) is 0. The molecule has 1 fully saturated rings. The van der Waals surface area contributed by atoms with Gasteiger partial charge in [0.05, 0.1) is 0 Å². The fourth-order valence-corrected chi connectivity index (χ4v) is 1.79. The Hall–Kier alpha value is -0.260. The molecule has 1 saturated carbocycles. The van der Waals surface area contributed by atoms with Crippen molar-refractivity contribution in [2.75, 3.05) is 0 Å². The Morgan fingerprint density at radius 3 is 2.89 bits per heavy atom. The van der Waals surface area contributed by atoms with Gasteiger partial charge in [-0.1, -0.05) is 18.6 Å². The van der Waals surface area contributed by atoms with Crippen molar-refractivity contribution in [3.05, 3.63) is 11.6 Å². The van der Waals surface area contributed by atoms with Crippen LogP contribution in [0.1, 0.15) is 39.5 Å². The third kappa shape index (κ3) is 1.35. The smallest absolute Gasteiger partial charge is 0.0206 e. The van der Waals surface area contributed by atoms with Crippen LogP contribution in [0, 0.1) is 5.92 Å².